The number of carbonyl (C=O) groups is 2. The van der Waals surface area contributed by atoms with Gasteiger partial charge >= 0.3 is 7.82 Å². The summed E-state index contributed by atoms with van der Waals surface area (Å²) in [4.78, 5) is 43.7. The summed E-state index contributed by atoms with van der Waals surface area (Å²) in [6.07, 6.45) is 0.952. The summed E-state index contributed by atoms with van der Waals surface area (Å²) < 4.78 is 59.4. The third-order valence-corrected chi connectivity index (χ3v) is 9.10. The van der Waals surface area contributed by atoms with Gasteiger partial charge in [-0.1, -0.05) is 23.2 Å². The van der Waals surface area contributed by atoms with Crippen molar-refractivity contribution >= 4 is 72.4 Å². The van der Waals surface area contributed by atoms with Crippen molar-refractivity contribution in [2.45, 2.75) is 54.8 Å². The summed E-state index contributed by atoms with van der Waals surface area (Å²) in [6, 6.07) is 7.54. The molecule has 3 aliphatic rings. The minimum Gasteiger partial charge on any atom is -0.484 e. The molecule has 21 heteroatoms. The topological polar surface area (TPSA) is 239 Å². The molecule has 275 valence electrons. The van der Waals surface area contributed by atoms with Crippen molar-refractivity contribution in [1.29, 1.82) is 0 Å². The van der Waals surface area contributed by atoms with E-state index in [1.165, 1.54) is 24.3 Å². The number of hydrogen-bond acceptors (Lipinski definition) is 11. The molecule has 0 saturated heterocycles. The molecule has 0 heterocycles. The minimum absolute atomic E-state index is 0. The van der Waals surface area contributed by atoms with Crippen LogP contribution in [-0.2, 0) is 23.4 Å². The van der Waals surface area contributed by atoms with E-state index in [1.807, 2.05) is 0 Å². The Bertz CT molecular complexity index is 1490. The Morgan fingerprint density at radius 1 is 0.880 bits per heavy atom. The molecule has 15 nitrogen and oxygen atoms in total. The van der Waals surface area contributed by atoms with Crippen molar-refractivity contribution < 1.29 is 66.8 Å². The molecular formula is C29H38Cl2F2N3NaO12P. The van der Waals surface area contributed by atoms with Gasteiger partial charge in [0.2, 0.25) is 0 Å². The molecule has 0 unspecified atom stereocenters. The summed E-state index contributed by atoms with van der Waals surface area (Å²) in [6.45, 7) is -2.82. The molecule has 3 saturated carbocycles. The first-order valence-corrected chi connectivity index (χ1v) is 17.0. The van der Waals surface area contributed by atoms with E-state index in [9.17, 15) is 22.9 Å². The second-order valence-electron chi connectivity index (χ2n) is 11.7. The zero-order valence-corrected chi connectivity index (χ0v) is 31.4. The second kappa shape index (κ2) is 19.4. The van der Waals surface area contributed by atoms with E-state index in [-0.39, 0.29) is 57.5 Å². The van der Waals surface area contributed by atoms with E-state index in [0.717, 1.165) is 12.1 Å². The van der Waals surface area contributed by atoms with Crippen molar-refractivity contribution in [2.24, 2.45) is 5.73 Å². The normalized spacial score (nSPS) is 21.3. The maximum Gasteiger partial charge on any atom is 0.471 e. The molecule has 0 spiro atoms. The van der Waals surface area contributed by atoms with E-state index in [1.54, 1.807) is 0 Å². The van der Waals surface area contributed by atoms with E-state index in [4.69, 9.17) is 68.3 Å². The van der Waals surface area contributed by atoms with Gasteiger partial charge < -0.3 is 55.7 Å². The maximum absolute atomic E-state index is 13.7. The van der Waals surface area contributed by atoms with Gasteiger partial charge in [-0.25, -0.2) is 13.3 Å². The van der Waals surface area contributed by atoms with Crippen LogP contribution in [-0.4, -0.2) is 129 Å². The summed E-state index contributed by atoms with van der Waals surface area (Å²) in [5.74, 6) is -2.19. The smallest absolute Gasteiger partial charge is 0.471 e. The Labute approximate surface area is 318 Å². The zero-order chi connectivity index (χ0) is 36.5. The van der Waals surface area contributed by atoms with Crippen molar-refractivity contribution in [2.75, 3.05) is 39.8 Å². The van der Waals surface area contributed by atoms with Crippen LogP contribution in [0.2, 0.25) is 10.0 Å². The number of phosphoric ester groups is 1. The molecule has 2 aromatic rings. The van der Waals surface area contributed by atoms with Gasteiger partial charge in [-0.05, 0) is 56.4 Å². The van der Waals surface area contributed by atoms with Gasteiger partial charge in [0.15, 0.2) is 20.0 Å². The van der Waals surface area contributed by atoms with Gasteiger partial charge in [0, 0.05) is 47.2 Å². The van der Waals surface area contributed by atoms with E-state index in [2.05, 4.69) is 15.2 Å². The minimum atomic E-state index is -4.83. The first-order chi connectivity index (χ1) is 23.0. The Morgan fingerprint density at radius 3 is 1.74 bits per heavy atom. The average molecular weight is 783 g/mol. The van der Waals surface area contributed by atoms with Crippen molar-refractivity contribution in [3.63, 3.8) is 0 Å². The number of nitrogens with one attached hydrogen (secondary N) is 2. The third kappa shape index (κ3) is 13.1. The first-order valence-electron chi connectivity index (χ1n) is 14.7. The maximum atomic E-state index is 13.7. The van der Waals surface area contributed by atoms with Crippen LogP contribution < -0.4 is 25.8 Å². The molecule has 1 atom stereocenters. The number of rotatable bonds is 15. The number of phosphoric acid groups is 1. The van der Waals surface area contributed by atoms with Crippen LogP contribution in [0, 0.1) is 11.6 Å². The number of aliphatic hydroxyl groups is 3. The van der Waals surface area contributed by atoms with Gasteiger partial charge in [0.05, 0.1) is 47.0 Å². The number of benzene rings is 2. The molecule has 0 aliphatic heterocycles. The Balaban J connectivity index is 0.000000859. The Hall–Kier alpha value is -1.67. The number of carbonyl (C=O) groups excluding carboxylic acids is 2. The molecule has 9 N–H and O–H groups in total. The number of nitrogens with two attached hydrogens (primary N) is 1. The number of halogens is 4. The van der Waals surface area contributed by atoms with Crippen LogP contribution in [0.4, 0.5) is 8.78 Å². The number of hydrogen-bond donors (Lipinski definition) is 8. The summed E-state index contributed by atoms with van der Waals surface area (Å²) in [7, 11) is -4.83. The molecule has 3 aliphatic carbocycles. The second-order valence-corrected chi connectivity index (χ2v) is 13.7. The van der Waals surface area contributed by atoms with Crippen LogP contribution >= 0.6 is 31.0 Å². The standard InChI is InChI=1S/C25H27Cl2F2N2O9P.C4H11NO3.Na/c26-17-3-1-15(9-19(17)28)37-12-22(32)30-24-5-7-25(8-6-24,21(11-24)39-14-40-41(34,35)36)31-23(33)13-38-16-2-4-18(27)20(29)10-16;5-4(1-6,2-7)3-8;/h1-4,9-10,21H,5-8,11-14H2,(H,30,32)(H,31,33)(H2,34,35,36);6-8H,1-3,5H2;/t21-,24?,25?;;/m0../s1. The average Bonchev–Trinajstić information content (AvgIpc) is 3.06. The van der Waals surface area contributed by atoms with Gasteiger partial charge in [-0.2, -0.15) is 0 Å². The number of aliphatic hydroxyl groups excluding tert-OH is 3. The predicted octanol–water partition coefficient (Wildman–Crippen LogP) is 1.15. The fourth-order valence-electron chi connectivity index (χ4n) is 5.26. The molecule has 2 aromatic carbocycles. The quantitative estimate of drug-likeness (QED) is 0.0720. The Kier molecular flexibility index (Phi) is 17.3. The monoisotopic (exact) mass is 782 g/mol. The van der Waals surface area contributed by atoms with Gasteiger partial charge in [-0.3, -0.25) is 14.1 Å². The van der Waals surface area contributed by atoms with Crippen LogP contribution in [0.5, 0.6) is 11.5 Å². The van der Waals surface area contributed by atoms with Crippen LogP contribution in [0.1, 0.15) is 32.1 Å². The molecular weight excluding hydrogens is 745 g/mol. The number of fused-ring (bicyclic) bond motifs is 3. The van der Waals surface area contributed by atoms with Crippen molar-refractivity contribution in [3.05, 3.63) is 58.1 Å². The van der Waals surface area contributed by atoms with Crippen LogP contribution in [0.25, 0.3) is 0 Å². The molecule has 2 amide bonds. The molecule has 0 aromatic heterocycles. The summed E-state index contributed by atoms with van der Waals surface area (Å²) in [5.41, 5.74) is 2.23. The van der Waals surface area contributed by atoms with Crippen LogP contribution in [0.3, 0.4) is 0 Å². The fraction of sp³-hybridized carbons (Fsp3) is 0.517. The molecule has 1 radical (unpaired) electrons. The summed E-state index contributed by atoms with van der Waals surface area (Å²) in [5, 5.41) is 30.7. The largest absolute Gasteiger partial charge is 0.484 e. The van der Waals surface area contributed by atoms with Crippen molar-refractivity contribution in [1.82, 2.24) is 10.6 Å². The van der Waals surface area contributed by atoms with E-state index < -0.39 is 93.8 Å². The molecule has 2 bridgehead atoms. The van der Waals surface area contributed by atoms with Crippen molar-refractivity contribution in [3.8, 4) is 11.5 Å². The number of amides is 2. The zero-order valence-electron chi connectivity index (χ0n) is 26.9. The molecule has 3 fully saturated rings. The molecule has 5 rings (SSSR count). The van der Waals surface area contributed by atoms with Gasteiger partial charge in [0.1, 0.15) is 23.1 Å². The van der Waals surface area contributed by atoms with E-state index in [0.29, 0.717) is 25.7 Å². The third-order valence-electron chi connectivity index (χ3n) is 8.04. The van der Waals surface area contributed by atoms with Crippen LogP contribution in [0.15, 0.2) is 36.4 Å². The number of ether oxygens (including phenoxy) is 3. The molecule has 50 heavy (non-hydrogen) atoms. The fourth-order valence-corrected chi connectivity index (χ4v) is 5.69. The SMILES string of the molecule is NC(CO)(CO)CO.O=C(COc1ccc(Cl)c(F)c1)NC12CCC(NC(=O)COc3ccc(Cl)c(F)c3)(CC1)[C@@H](OCOP(=O)(O)O)C2.[Na]. The Morgan fingerprint density at radius 2 is 1.34 bits per heavy atom. The van der Waals surface area contributed by atoms with Gasteiger partial charge in [0.25, 0.3) is 11.8 Å². The summed E-state index contributed by atoms with van der Waals surface area (Å²) >= 11 is 11.3. The van der Waals surface area contributed by atoms with Gasteiger partial charge in [-0.15, -0.1) is 0 Å². The van der Waals surface area contributed by atoms with E-state index >= 15 is 0 Å². The first kappa shape index (κ1) is 44.5. The predicted molar refractivity (Wildman–Crippen MR) is 175 cm³/mol.